The number of benzene rings is 1. The molecule has 0 aliphatic heterocycles. The molecule has 114 valence electrons. The molecule has 1 atom stereocenters. The fourth-order valence-corrected chi connectivity index (χ4v) is 2.05. The maximum atomic E-state index is 6.15. The third kappa shape index (κ3) is 5.22. The summed E-state index contributed by atoms with van der Waals surface area (Å²) in [6.07, 6.45) is 1.10. The number of rotatable bonds is 8. The predicted octanol–water partition coefficient (Wildman–Crippen LogP) is 4.27. The van der Waals surface area contributed by atoms with E-state index >= 15 is 0 Å². The summed E-state index contributed by atoms with van der Waals surface area (Å²) in [6, 6.07) is 3.74. The largest absolute Gasteiger partial charge is 0.493 e. The quantitative estimate of drug-likeness (QED) is 0.777. The molecule has 4 heteroatoms. The highest BCUT2D eigenvalue weighted by Crippen LogP contribution is 2.35. The molecule has 3 nitrogen and oxygen atoms in total. The fourth-order valence-electron chi connectivity index (χ4n) is 1.82. The fraction of sp³-hybridized carbons (Fsp3) is 0.625. The van der Waals surface area contributed by atoms with Crippen molar-refractivity contribution in [2.45, 2.75) is 46.8 Å². The van der Waals surface area contributed by atoms with E-state index in [2.05, 4.69) is 33.0 Å². The van der Waals surface area contributed by atoms with Crippen molar-refractivity contribution in [3.05, 3.63) is 22.7 Å². The lowest BCUT2D eigenvalue weighted by Gasteiger charge is -2.20. The van der Waals surface area contributed by atoms with Crippen molar-refractivity contribution in [2.24, 2.45) is 5.92 Å². The molecule has 0 aliphatic carbocycles. The number of hydrogen-bond donors (Lipinski definition) is 1. The van der Waals surface area contributed by atoms with Gasteiger partial charge < -0.3 is 14.8 Å². The minimum atomic E-state index is 0.147. The van der Waals surface area contributed by atoms with E-state index in [-0.39, 0.29) is 6.10 Å². The van der Waals surface area contributed by atoms with Crippen LogP contribution >= 0.6 is 11.6 Å². The summed E-state index contributed by atoms with van der Waals surface area (Å²) in [7, 11) is 1.64. The predicted molar refractivity (Wildman–Crippen MR) is 84.9 cm³/mol. The van der Waals surface area contributed by atoms with Crippen LogP contribution in [-0.4, -0.2) is 19.8 Å². The summed E-state index contributed by atoms with van der Waals surface area (Å²) in [5.74, 6) is 2.09. The lowest BCUT2D eigenvalue weighted by atomic mass is 10.1. The van der Waals surface area contributed by atoms with Crippen LogP contribution in [-0.2, 0) is 6.54 Å². The Bertz CT molecular complexity index is 421. The molecule has 1 N–H and O–H groups in total. The molecule has 0 saturated heterocycles. The third-order valence-electron chi connectivity index (χ3n) is 3.08. The van der Waals surface area contributed by atoms with Crippen LogP contribution in [0.3, 0.4) is 0 Å². The van der Waals surface area contributed by atoms with Gasteiger partial charge >= 0.3 is 0 Å². The lowest BCUT2D eigenvalue weighted by Crippen LogP contribution is -2.20. The van der Waals surface area contributed by atoms with E-state index in [9.17, 15) is 0 Å². The van der Waals surface area contributed by atoms with Gasteiger partial charge in [0, 0.05) is 23.2 Å². The second-order valence-electron chi connectivity index (χ2n) is 5.46. The first kappa shape index (κ1) is 17.1. The van der Waals surface area contributed by atoms with Gasteiger partial charge in [0.25, 0.3) is 0 Å². The summed E-state index contributed by atoms with van der Waals surface area (Å²) in [4.78, 5) is 0. The highest BCUT2D eigenvalue weighted by Gasteiger charge is 2.15. The van der Waals surface area contributed by atoms with Crippen molar-refractivity contribution < 1.29 is 9.47 Å². The number of ether oxygens (including phenoxy) is 2. The Morgan fingerprint density at radius 2 is 1.95 bits per heavy atom. The van der Waals surface area contributed by atoms with Gasteiger partial charge in [-0.3, -0.25) is 0 Å². The molecule has 0 spiro atoms. The van der Waals surface area contributed by atoms with Gasteiger partial charge in [0.15, 0.2) is 11.5 Å². The summed E-state index contributed by atoms with van der Waals surface area (Å²) in [5.41, 5.74) is 1.04. The van der Waals surface area contributed by atoms with E-state index < -0.39 is 0 Å². The smallest absolute Gasteiger partial charge is 0.166 e. The monoisotopic (exact) mass is 299 g/mol. The van der Waals surface area contributed by atoms with E-state index in [4.69, 9.17) is 21.1 Å². The minimum absolute atomic E-state index is 0.147. The van der Waals surface area contributed by atoms with Gasteiger partial charge in [0.1, 0.15) is 0 Å². The molecule has 0 bridgehead atoms. The number of nitrogens with one attached hydrogen (secondary N) is 1. The Kier molecular flexibility index (Phi) is 7.17. The van der Waals surface area contributed by atoms with Crippen LogP contribution < -0.4 is 14.8 Å². The van der Waals surface area contributed by atoms with Crippen LogP contribution in [0.1, 0.15) is 39.7 Å². The molecular weight excluding hydrogens is 274 g/mol. The summed E-state index contributed by atoms with van der Waals surface area (Å²) >= 11 is 6.15. The maximum absolute atomic E-state index is 6.15. The molecule has 0 fully saturated rings. The average Bonchev–Trinajstić information content (AvgIpc) is 2.40. The van der Waals surface area contributed by atoms with Crippen LogP contribution in [0.4, 0.5) is 0 Å². The van der Waals surface area contributed by atoms with E-state index in [0.29, 0.717) is 16.7 Å². The highest BCUT2D eigenvalue weighted by atomic mass is 35.5. The van der Waals surface area contributed by atoms with E-state index in [0.717, 1.165) is 30.8 Å². The van der Waals surface area contributed by atoms with Crippen molar-refractivity contribution in [3.63, 3.8) is 0 Å². The molecule has 1 aromatic carbocycles. The maximum Gasteiger partial charge on any atom is 0.166 e. The molecule has 0 amide bonds. The Hall–Kier alpha value is -0.930. The molecule has 20 heavy (non-hydrogen) atoms. The first-order chi connectivity index (χ1) is 9.47. The lowest BCUT2D eigenvalue weighted by molar-refractivity contribution is 0.205. The SMILES string of the molecule is CCC(C)Oc1c(CNCC(C)C)cc(Cl)cc1OC. The van der Waals surface area contributed by atoms with Crippen molar-refractivity contribution in [1.29, 1.82) is 0 Å². The molecule has 1 unspecified atom stereocenters. The van der Waals surface area contributed by atoms with Gasteiger partial charge in [-0.1, -0.05) is 32.4 Å². The molecule has 0 aromatic heterocycles. The topological polar surface area (TPSA) is 30.5 Å². The number of hydrogen-bond acceptors (Lipinski definition) is 3. The van der Waals surface area contributed by atoms with Gasteiger partial charge in [-0.25, -0.2) is 0 Å². The zero-order chi connectivity index (χ0) is 15.1. The molecule has 1 aromatic rings. The number of methoxy groups -OCH3 is 1. The minimum Gasteiger partial charge on any atom is -0.493 e. The molecule has 0 heterocycles. The molecule has 1 rings (SSSR count). The molecule has 0 radical (unpaired) electrons. The van der Waals surface area contributed by atoms with Crippen molar-refractivity contribution in [3.8, 4) is 11.5 Å². The van der Waals surface area contributed by atoms with Gasteiger partial charge in [-0.2, -0.15) is 0 Å². The van der Waals surface area contributed by atoms with Crippen LogP contribution in [0.5, 0.6) is 11.5 Å². The van der Waals surface area contributed by atoms with Crippen LogP contribution in [0.25, 0.3) is 0 Å². The first-order valence-electron chi connectivity index (χ1n) is 7.21. The van der Waals surface area contributed by atoms with Gasteiger partial charge in [0.2, 0.25) is 0 Å². The van der Waals surface area contributed by atoms with Crippen LogP contribution in [0.15, 0.2) is 12.1 Å². The molecule has 0 aliphatic rings. The Labute approximate surface area is 127 Å². The van der Waals surface area contributed by atoms with Crippen molar-refractivity contribution >= 4 is 11.6 Å². The summed E-state index contributed by atoms with van der Waals surface area (Å²) < 4.78 is 11.4. The van der Waals surface area contributed by atoms with E-state index in [1.54, 1.807) is 13.2 Å². The highest BCUT2D eigenvalue weighted by molar-refractivity contribution is 6.30. The Balaban J connectivity index is 2.95. The second-order valence-corrected chi connectivity index (χ2v) is 5.89. The molecular formula is C16H26ClNO2. The third-order valence-corrected chi connectivity index (χ3v) is 3.30. The van der Waals surface area contributed by atoms with Gasteiger partial charge in [-0.15, -0.1) is 0 Å². The van der Waals surface area contributed by atoms with Crippen LogP contribution in [0, 0.1) is 5.92 Å². The number of halogens is 1. The first-order valence-corrected chi connectivity index (χ1v) is 7.59. The van der Waals surface area contributed by atoms with Gasteiger partial charge in [-0.05, 0) is 31.9 Å². The van der Waals surface area contributed by atoms with Crippen molar-refractivity contribution in [1.82, 2.24) is 5.32 Å². The summed E-state index contributed by atoms with van der Waals surface area (Å²) in [5, 5.41) is 4.08. The average molecular weight is 300 g/mol. The standard InChI is InChI=1S/C16H26ClNO2/c1-6-12(4)20-16-13(10-18-9-11(2)3)7-14(17)8-15(16)19-5/h7-8,11-12,18H,6,9-10H2,1-5H3. The molecule has 0 saturated carbocycles. The second kappa shape index (κ2) is 8.38. The van der Waals surface area contributed by atoms with E-state index in [1.807, 2.05) is 6.07 Å². The Morgan fingerprint density at radius 1 is 1.25 bits per heavy atom. The Morgan fingerprint density at radius 3 is 2.50 bits per heavy atom. The van der Waals surface area contributed by atoms with Crippen LogP contribution in [0.2, 0.25) is 5.02 Å². The normalized spacial score (nSPS) is 12.6. The van der Waals surface area contributed by atoms with Gasteiger partial charge in [0.05, 0.1) is 13.2 Å². The zero-order valence-electron chi connectivity index (χ0n) is 13.1. The van der Waals surface area contributed by atoms with Crippen molar-refractivity contribution in [2.75, 3.05) is 13.7 Å². The summed E-state index contributed by atoms with van der Waals surface area (Å²) in [6.45, 7) is 10.2. The zero-order valence-corrected chi connectivity index (χ0v) is 13.9. The van der Waals surface area contributed by atoms with E-state index in [1.165, 1.54) is 0 Å².